The fourth-order valence-electron chi connectivity index (χ4n) is 1.60. The van der Waals surface area contributed by atoms with Crippen LogP contribution in [0.2, 0.25) is 10.0 Å². The minimum Gasteiger partial charge on any atom is -0.395 e. The van der Waals surface area contributed by atoms with E-state index >= 15 is 0 Å². The van der Waals surface area contributed by atoms with Gasteiger partial charge >= 0.3 is 0 Å². The van der Waals surface area contributed by atoms with Crippen molar-refractivity contribution in [2.45, 2.75) is 13.3 Å². The molecule has 0 aliphatic heterocycles. The van der Waals surface area contributed by atoms with Crippen molar-refractivity contribution >= 4 is 40.5 Å². The number of aromatic nitrogens is 2. The smallest absolute Gasteiger partial charge is 0.278 e. The van der Waals surface area contributed by atoms with Crippen molar-refractivity contribution in [1.82, 2.24) is 10.2 Å². The first-order valence-electron chi connectivity index (χ1n) is 5.62. The summed E-state index contributed by atoms with van der Waals surface area (Å²) < 4.78 is 0. The maximum atomic E-state index is 12.1. The Labute approximate surface area is 120 Å². The molecule has 1 heterocycles. The van der Waals surface area contributed by atoms with Crippen LogP contribution in [-0.2, 0) is 6.42 Å². The number of halogens is 2. The van der Waals surface area contributed by atoms with Crippen molar-refractivity contribution in [3.63, 3.8) is 0 Å². The Morgan fingerprint density at radius 3 is 2.84 bits per heavy atom. The molecule has 1 aromatic carbocycles. The number of benzene rings is 1. The van der Waals surface area contributed by atoms with Crippen LogP contribution in [0.25, 0.3) is 0 Å². The van der Waals surface area contributed by atoms with Crippen LogP contribution in [0.3, 0.4) is 0 Å². The normalized spacial score (nSPS) is 10.5. The Morgan fingerprint density at radius 2 is 2.21 bits per heavy atom. The van der Waals surface area contributed by atoms with Gasteiger partial charge in [-0.2, -0.15) is 5.10 Å². The Bertz CT molecular complexity index is 624. The molecule has 7 heteroatoms. The molecule has 5 nitrogen and oxygen atoms in total. The molecule has 0 aliphatic carbocycles. The third-order valence-corrected chi connectivity index (χ3v) is 3.19. The first-order chi connectivity index (χ1) is 9.02. The van der Waals surface area contributed by atoms with Crippen LogP contribution < -0.4 is 11.1 Å². The van der Waals surface area contributed by atoms with Crippen molar-refractivity contribution in [3.8, 4) is 0 Å². The van der Waals surface area contributed by atoms with Gasteiger partial charge in [0.25, 0.3) is 5.91 Å². The highest BCUT2D eigenvalue weighted by Crippen LogP contribution is 2.26. The predicted molar refractivity (Wildman–Crippen MR) is 76.8 cm³/mol. The highest BCUT2D eigenvalue weighted by atomic mass is 35.5. The van der Waals surface area contributed by atoms with Crippen molar-refractivity contribution in [3.05, 3.63) is 39.6 Å². The maximum absolute atomic E-state index is 12.1. The van der Waals surface area contributed by atoms with E-state index < -0.39 is 5.91 Å². The number of nitrogen functional groups attached to an aromatic ring is 1. The number of rotatable bonds is 3. The summed E-state index contributed by atoms with van der Waals surface area (Å²) in [7, 11) is 0. The van der Waals surface area contributed by atoms with Crippen molar-refractivity contribution in [1.29, 1.82) is 0 Å². The third-order valence-electron chi connectivity index (χ3n) is 2.63. The van der Waals surface area contributed by atoms with Gasteiger partial charge in [0.15, 0.2) is 5.69 Å². The average Bonchev–Trinajstić information content (AvgIpc) is 2.75. The van der Waals surface area contributed by atoms with E-state index in [9.17, 15) is 4.79 Å². The molecule has 0 unspecified atom stereocenters. The van der Waals surface area contributed by atoms with Gasteiger partial charge in [0.2, 0.25) is 0 Å². The zero-order valence-electron chi connectivity index (χ0n) is 10.1. The Kier molecular flexibility index (Phi) is 3.97. The lowest BCUT2D eigenvalue weighted by atomic mass is 10.2. The Morgan fingerprint density at radius 1 is 1.47 bits per heavy atom. The number of aryl methyl sites for hydroxylation is 1. The van der Waals surface area contributed by atoms with E-state index in [1.54, 1.807) is 18.2 Å². The molecule has 0 spiro atoms. The van der Waals surface area contributed by atoms with Crippen LogP contribution in [0.1, 0.15) is 23.1 Å². The van der Waals surface area contributed by atoms with Gasteiger partial charge in [0, 0.05) is 5.02 Å². The van der Waals surface area contributed by atoms with Gasteiger partial charge in [-0.25, -0.2) is 0 Å². The van der Waals surface area contributed by atoms with E-state index in [2.05, 4.69) is 15.5 Å². The van der Waals surface area contributed by atoms with Crippen LogP contribution in [0.4, 0.5) is 11.4 Å². The fraction of sp³-hybridized carbons (Fsp3) is 0.167. The molecule has 1 aromatic heterocycles. The van der Waals surface area contributed by atoms with E-state index in [-0.39, 0.29) is 5.69 Å². The third kappa shape index (κ3) is 2.83. The molecule has 0 saturated heterocycles. The minimum absolute atomic E-state index is 0.146. The number of nitrogens with two attached hydrogens (primary N) is 1. The van der Waals surface area contributed by atoms with Gasteiger partial charge in [0.1, 0.15) is 0 Å². The molecular formula is C12H12Cl2N4O. The monoisotopic (exact) mass is 298 g/mol. The van der Waals surface area contributed by atoms with E-state index in [0.29, 0.717) is 27.8 Å². The summed E-state index contributed by atoms with van der Waals surface area (Å²) in [5.74, 6) is -0.433. The molecule has 0 saturated carbocycles. The second kappa shape index (κ2) is 5.50. The summed E-state index contributed by atoms with van der Waals surface area (Å²) in [4.78, 5) is 12.1. The number of hydrogen-bond donors (Lipinski definition) is 3. The minimum atomic E-state index is -0.433. The van der Waals surface area contributed by atoms with E-state index in [1.807, 2.05) is 6.92 Å². The summed E-state index contributed by atoms with van der Waals surface area (Å²) in [5, 5.41) is 10.1. The van der Waals surface area contributed by atoms with E-state index in [0.717, 1.165) is 5.69 Å². The SMILES string of the molecule is CCc1[nH]nc(C(=O)Nc2cc(Cl)ccc2Cl)c1N. The van der Waals surface area contributed by atoms with Crippen LogP contribution in [0, 0.1) is 0 Å². The van der Waals surface area contributed by atoms with Gasteiger partial charge in [-0.05, 0) is 24.6 Å². The second-order valence-corrected chi connectivity index (χ2v) is 4.74. The van der Waals surface area contributed by atoms with Crippen molar-refractivity contribution < 1.29 is 4.79 Å². The number of nitrogens with zero attached hydrogens (tertiary/aromatic N) is 1. The van der Waals surface area contributed by atoms with Gasteiger partial charge in [-0.15, -0.1) is 0 Å². The summed E-state index contributed by atoms with van der Waals surface area (Å²) in [5.41, 5.74) is 7.46. The standard InChI is InChI=1S/C12H12Cl2N4O/c1-2-8-10(15)11(18-17-8)12(19)16-9-5-6(13)3-4-7(9)14/h3-5H,2,15H2,1H3,(H,16,19)(H,17,18). The average molecular weight is 299 g/mol. The largest absolute Gasteiger partial charge is 0.395 e. The molecular weight excluding hydrogens is 287 g/mol. The van der Waals surface area contributed by atoms with Gasteiger partial charge < -0.3 is 11.1 Å². The number of hydrogen-bond acceptors (Lipinski definition) is 3. The second-order valence-electron chi connectivity index (χ2n) is 3.90. The molecule has 0 radical (unpaired) electrons. The number of anilines is 2. The predicted octanol–water partition coefficient (Wildman–Crippen LogP) is 3.11. The zero-order chi connectivity index (χ0) is 14.0. The van der Waals surface area contributed by atoms with E-state index in [4.69, 9.17) is 28.9 Å². The molecule has 1 amide bonds. The lowest BCUT2D eigenvalue weighted by Gasteiger charge is -2.06. The molecule has 2 aromatic rings. The molecule has 0 aliphatic rings. The molecule has 4 N–H and O–H groups in total. The summed E-state index contributed by atoms with van der Waals surface area (Å²) >= 11 is 11.8. The molecule has 19 heavy (non-hydrogen) atoms. The van der Waals surface area contributed by atoms with Gasteiger partial charge in [-0.1, -0.05) is 30.1 Å². The highest BCUT2D eigenvalue weighted by Gasteiger charge is 2.17. The number of aromatic amines is 1. The van der Waals surface area contributed by atoms with Crippen molar-refractivity contribution in [2.24, 2.45) is 0 Å². The molecule has 100 valence electrons. The number of H-pyrrole nitrogens is 1. The topological polar surface area (TPSA) is 83.8 Å². The Hall–Kier alpha value is -1.72. The fourth-order valence-corrected chi connectivity index (χ4v) is 1.94. The van der Waals surface area contributed by atoms with Crippen LogP contribution in [-0.4, -0.2) is 16.1 Å². The van der Waals surface area contributed by atoms with Crippen LogP contribution >= 0.6 is 23.2 Å². The lowest BCUT2D eigenvalue weighted by Crippen LogP contribution is -2.14. The summed E-state index contributed by atoms with van der Waals surface area (Å²) in [6.07, 6.45) is 0.671. The summed E-state index contributed by atoms with van der Waals surface area (Å²) in [6, 6.07) is 4.80. The first kappa shape index (κ1) is 13.7. The number of carbonyl (C=O) groups is 1. The molecule has 0 atom stereocenters. The Balaban J connectivity index is 2.25. The molecule has 0 bridgehead atoms. The van der Waals surface area contributed by atoms with Gasteiger partial charge in [-0.3, -0.25) is 9.89 Å². The maximum Gasteiger partial charge on any atom is 0.278 e. The highest BCUT2D eigenvalue weighted by molar-refractivity contribution is 6.35. The zero-order valence-corrected chi connectivity index (χ0v) is 11.6. The van der Waals surface area contributed by atoms with E-state index in [1.165, 1.54) is 0 Å². The van der Waals surface area contributed by atoms with Gasteiger partial charge in [0.05, 0.1) is 22.1 Å². The van der Waals surface area contributed by atoms with Crippen molar-refractivity contribution in [2.75, 3.05) is 11.1 Å². The van der Waals surface area contributed by atoms with Crippen LogP contribution in [0.5, 0.6) is 0 Å². The number of carbonyl (C=O) groups excluding carboxylic acids is 1. The molecule has 0 fully saturated rings. The number of amides is 1. The first-order valence-corrected chi connectivity index (χ1v) is 6.37. The summed E-state index contributed by atoms with van der Waals surface area (Å²) in [6.45, 7) is 1.92. The molecule has 2 rings (SSSR count). The van der Waals surface area contributed by atoms with Crippen LogP contribution in [0.15, 0.2) is 18.2 Å². The lowest BCUT2D eigenvalue weighted by molar-refractivity contribution is 0.102. The number of nitrogens with one attached hydrogen (secondary N) is 2. The quantitative estimate of drug-likeness (QED) is 0.814.